The van der Waals surface area contributed by atoms with Crippen molar-refractivity contribution in [2.45, 2.75) is 26.8 Å². The van der Waals surface area contributed by atoms with Crippen molar-refractivity contribution in [1.82, 2.24) is 9.97 Å². The standard InChI is InChI=1S/C10H16ClN3/c1-7-6-12-10(13-9(7)3)14(4)8(2)5-11/h6,8H,5H2,1-4H3. The Hall–Kier alpha value is -0.830. The third-order valence-electron chi connectivity index (χ3n) is 2.41. The summed E-state index contributed by atoms with van der Waals surface area (Å²) in [5.41, 5.74) is 2.13. The molecule has 3 nitrogen and oxygen atoms in total. The van der Waals surface area contributed by atoms with Crippen molar-refractivity contribution in [2.75, 3.05) is 17.8 Å². The molecule has 0 N–H and O–H groups in total. The Morgan fingerprint density at radius 1 is 1.50 bits per heavy atom. The molecule has 0 aliphatic rings. The third-order valence-corrected chi connectivity index (χ3v) is 2.86. The maximum Gasteiger partial charge on any atom is 0.225 e. The number of hydrogen-bond donors (Lipinski definition) is 0. The molecule has 0 saturated heterocycles. The molecule has 1 unspecified atom stereocenters. The molecule has 0 radical (unpaired) electrons. The predicted molar refractivity (Wildman–Crippen MR) is 60.1 cm³/mol. The second-order valence-corrected chi connectivity index (χ2v) is 3.86. The summed E-state index contributed by atoms with van der Waals surface area (Å²) in [6.07, 6.45) is 1.84. The predicted octanol–water partition coefficient (Wildman–Crippen LogP) is 2.16. The molecule has 1 atom stereocenters. The summed E-state index contributed by atoms with van der Waals surface area (Å²) >= 11 is 5.77. The fraction of sp³-hybridized carbons (Fsp3) is 0.600. The van der Waals surface area contributed by atoms with E-state index in [-0.39, 0.29) is 6.04 Å². The summed E-state index contributed by atoms with van der Waals surface area (Å²) in [4.78, 5) is 10.6. The molecule has 0 amide bonds. The van der Waals surface area contributed by atoms with Crippen LogP contribution in [0.5, 0.6) is 0 Å². The Labute approximate surface area is 90.1 Å². The van der Waals surface area contributed by atoms with Crippen molar-refractivity contribution in [3.8, 4) is 0 Å². The van der Waals surface area contributed by atoms with E-state index in [9.17, 15) is 0 Å². The van der Waals surface area contributed by atoms with Crippen molar-refractivity contribution < 1.29 is 0 Å². The van der Waals surface area contributed by atoms with Gasteiger partial charge in [-0.15, -0.1) is 11.6 Å². The summed E-state index contributed by atoms with van der Waals surface area (Å²) < 4.78 is 0. The maximum absolute atomic E-state index is 5.77. The molecule has 0 aliphatic heterocycles. The van der Waals surface area contributed by atoms with E-state index in [2.05, 4.69) is 9.97 Å². The number of aryl methyl sites for hydroxylation is 2. The lowest BCUT2D eigenvalue weighted by molar-refractivity contribution is 0.731. The van der Waals surface area contributed by atoms with Gasteiger partial charge in [0.15, 0.2) is 0 Å². The summed E-state index contributed by atoms with van der Waals surface area (Å²) in [7, 11) is 1.96. The summed E-state index contributed by atoms with van der Waals surface area (Å²) in [6, 6.07) is 0.249. The van der Waals surface area contributed by atoms with Gasteiger partial charge in [-0.25, -0.2) is 9.97 Å². The van der Waals surface area contributed by atoms with Gasteiger partial charge in [-0.2, -0.15) is 0 Å². The Morgan fingerprint density at radius 3 is 2.64 bits per heavy atom. The second-order valence-electron chi connectivity index (χ2n) is 3.55. The van der Waals surface area contributed by atoms with Crippen LogP contribution < -0.4 is 4.90 Å². The molecule has 0 fully saturated rings. The minimum Gasteiger partial charge on any atom is -0.340 e. The van der Waals surface area contributed by atoms with Crippen molar-refractivity contribution in [3.05, 3.63) is 17.5 Å². The van der Waals surface area contributed by atoms with Crippen LogP contribution in [0.15, 0.2) is 6.20 Å². The largest absolute Gasteiger partial charge is 0.340 e. The van der Waals surface area contributed by atoms with E-state index in [0.29, 0.717) is 5.88 Å². The molecule has 78 valence electrons. The van der Waals surface area contributed by atoms with Crippen LogP contribution >= 0.6 is 11.6 Å². The van der Waals surface area contributed by atoms with E-state index in [4.69, 9.17) is 11.6 Å². The first kappa shape index (κ1) is 11.2. The zero-order chi connectivity index (χ0) is 10.7. The molecule has 1 aromatic rings. The Morgan fingerprint density at radius 2 is 2.14 bits per heavy atom. The molecule has 0 aliphatic carbocycles. The Balaban J connectivity index is 2.91. The zero-order valence-corrected chi connectivity index (χ0v) is 9.84. The van der Waals surface area contributed by atoms with Crippen molar-refractivity contribution in [3.63, 3.8) is 0 Å². The number of nitrogens with zero attached hydrogens (tertiary/aromatic N) is 3. The number of aromatic nitrogens is 2. The smallest absolute Gasteiger partial charge is 0.225 e. The van der Waals surface area contributed by atoms with Crippen molar-refractivity contribution >= 4 is 17.5 Å². The molecular weight excluding hydrogens is 198 g/mol. The lowest BCUT2D eigenvalue weighted by Crippen LogP contribution is -2.31. The molecular formula is C10H16ClN3. The van der Waals surface area contributed by atoms with Crippen molar-refractivity contribution in [2.24, 2.45) is 0 Å². The molecule has 1 rings (SSSR count). The van der Waals surface area contributed by atoms with Gasteiger partial charge in [-0.05, 0) is 26.3 Å². The molecule has 0 bridgehead atoms. The van der Waals surface area contributed by atoms with E-state index < -0.39 is 0 Å². The topological polar surface area (TPSA) is 29.0 Å². The lowest BCUT2D eigenvalue weighted by atomic mass is 10.3. The quantitative estimate of drug-likeness (QED) is 0.721. The van der Waals surface area contributed by atoms with Crippen LogP contribution in [0.1, 0.15) is 18.2 Å². The van der Waals surface area contributed by atoms with Crippen LogP contribution in [0, 0.1) is 13.8 Å². The average Bonchev–Trinajstić information content (AvgIpc) is 2.20. The van der Waals surface area contributed by atoms with E-state index in [1.807, 2.05) is 38.9 Å². The van der Waals surface area contributed by atoms with Gasteiger partial charge in [0.05, 0.1) is 0 Å². The number of rotatable bonds is 3. The van der Waals surface area contributed by atoms with Gasteiger partial charge in [0, 0.05) is 30.9 Å². The monoisotopic (exact) mass is 213 g/mol. The van der Waals surface area contributed by atoms with Crippen LogP contribution in [-0.4, -0.2) is 28.9 Å². The number of anilines is 1. The second kappa shape index (κ2) is 4.60. The minimum atomic E-state index is 0.249. The Bertz CT molecular complexity index is 314. The highest BCUT2D eigenvalue weighted by Gasteiger charge is 2.11. The fourth-order valence-electron chi connectivity index (χ4n) is 0.986. The van der Waals surface area contributed by atoms with Crippen LogP contribution in [0.25, 0.3) is 0 Å². The molecule has 0 aromatic carbocycles. The van der Waals surface area contributed by atoms with Gasteiger partial charge >= 0.3 is 0 Å². The first-order valence-corrected chi connectivity index (χ1v) is 5.18. The Kier molecular flexibility index (Phi) is 3.69. The van der Waals surface area contributed by atoms with Crippen LogP contribution in [0.4, 0.5) is 5.95 Å². The summed E-state index contributed by atoms with van der Waals surface area (Å²) in [5, 5.41) is 0. The SMILES string of the molecule is Cc1cnc(N(C)C(C)CCl)nc1C. The maximum atomic E-state index is 5.77. The van der Waals surface area contributed by atoms with E-state index in [1.54, 1.807) is 0 Å². The van der Waals surface area contributed by atoms with E-state index in [0.717, 1.165) is 17.2 Å². The molecule has 0 spiro atoms. The number of hydrogen-bond acceptors (Lipinski definition) is 3. The highest BCUT2D eigenvalue weighted by Crippen LogP contribution is 2.11. The van der Waals surface area contributed by atoms with Gasteiger partial charge in [-0.1, -0.05) is 0 Å². The molecule has 1 heterocycles. The molecule has 14 heavy (non-hydrogen) atoms. The molecule has 0 saturated carbocycles. The number of halogens is 1. The average molecular weight is 214 g/mol. The van der Waals surface area contributed by atoms with Crippen LogP contribution in [-0.2, 0) is 0 Å². The first-order chi connectivity index (χ1) is 6.56. The fourth-order valence-corrected chi connectivity index (χ4v) is 1.19. The van der Waals surface area contributed by atoms with Crippen LogP contribution in [0.3, 0.4) is 0 Å². The van der Waals surface area contributed by atoms with E-state index >= 15 is 0 Å². The normalized spacial score (nSPS) is 12.6. The van der Waals surface area contributed by atoms with Gasteiger partial charge in [0.25, 0.3) is 0 Å². The van der Waals surface area contributed by atoms with Gasteiger partial charge in [0.1, 0.15) is 0 Å². The number of alkyl halides is 1. The summed E-state index contributed by atoms with van der Waals surface area (Å²) in [6.45, 7) is 6.04. The highest BCUT2D eigenvalue weighted by atomic mass is 35.5. The summed E-state index contributed by atoms with van der Waals surface area (Å²) in [5.74, 6) is 1.31. The van der Waals surface area contributed by atoms with Gasteiger partial charge in [-0.3, -0.25) is 0 Å². The highest BCUT2D eigenvalue weighted by molar-refractivity contribution is 6.18. The van der Waals surface area contributed by atoms with Gasteiger partial charge in [0.2, 0.25) is 5.95 Å². The zero-order valence-electron chi connectivity index (χ0n) is 9.08. The minimum absolute atomic E-state index is 0.249. The molecule has 4 heteroatoms. The molecule has 1 aromatic heterocycles. The lowest BCUT2D eigenvalue weighted by Gasteiger charge is -2.23. The van der Waals surface area contributed by atoms with Crippen LogP contribution in [0.2, 0.25) is 0 Å². The van der Waals surface area contributed by atoms with Crippen molar-refractivity contribution in [1.29, 1.82) is 0 Å². The van der Waals surface area contributed by atoms with Gasteiger partial charge < -0.3 is 4.90 Å². The first-order valence-electron chi connectivity index (χ1n) is 4.65. The third kappa shape index (κ3) is 2.35. The van der Waals surface area contributed by atoms with E-state index in [1.165, 1.54) is 0 Å².